The van der Waals surface area contributed by atoms with Crippen LogP contribution in [0, 0.1) is 11.8 Å². The largest absolute Gasteiger partial charge is 0.542 e. The van der Waals surface area contributed by atoms with Gasteiger partial charge in [0.05, 0.1) is 38.9 Å². The van der Waals surface area contributed by atoms with E-state index in [0.717, 1.165) is 81.4 Å². The molecule has 4 heterocycles. The lowest BCUT2D eigenvalue weighted by Crippen LogP contribution is -2.65. The number of hydrogen-bond donors (Lipinski definition) is 1. The van der Waals surface area contributed by atoms with E-state index >= 15 is 0 Å². The topological polar surface area (TPSA) is 122 Å². The molecule has 1 N–H and O–H groups in total. The first-order chi connectivity index (χ1) is 20.9. The highest BCUT2D eigenvalue weighted by molar-refractivity contribution is 7.10. The molecule has 0 spiro atoms. The Labute approximate surface area is 258 Å². The molecule has 4 fully saturated rings. The highest BCUT2D eigenvalue weighted by Crippen LogP contribution is 2.44. The monoisotopic (exact) mass is 641 g/mol. The number of carboxylic acid groups (broad SMARTS) is 1. The Morgan fingerprint density at radius 2 is 1.68 bits per heavy atom. The molecule has 0 radical (unpaired) electrons. The van der Waals surface area contributed by atoms with Gasteiger partial charge < -0.3 is 33.7 Å². The molecule has 4 aliphatic rings. The second kappa shape index (κ2) is 14.3. The third-order valence-corrected chi connectivity index (χ3v) is 10.0. The Balaban J connectivity index is 0.000000566. The minimum atomic E-state index is -5.19. The van der Waals surface area contributed by atoms with E-state index in [1.54, 1.807) is 24.3 Å². The standard InChI is InChI=1S/C29H38NO6S.C2HF3O2/c1-34-27(31)22-9-11-24(12-10-22)35-18-5-15-30-16-13-21(14-17-30)25(20-30)36-28(32)29(33,23-6-2-3-7-23)26-8-4-19-37-26;3-2(4,5)1(6)7/h4,8-12,19,21,23,25,33H,2-3,5-7,13-18,20H2,1H3;(H,6,7)/q+1;/p-1/t21?,25-,29+,30?;/m0./s1. The summed E-state index contributed by atoms with van der Waals surface area (Å²) in [5, 5.41) is 22.4. The number of carbonyl (C=O) groups is 3. The molecule has 44 heavy (non-hydrogen) atoms. The number of thiophene rings is 1. The molecular formula is C31H38F3NO8S. The van der Waals surface area contributed by atoms with Gasteiger partial charge in [0.15, 0.2) is 11.7 Å². The lowest BCUT2D eigenvalue weighted by Gasteiger charge is -2.52. The maximum Gasteiger partial charge on any atom is 0.430 e. The Kier molecular flexibility index (Phi) is 11.0. The molecule has 242 valence electrons. The summed E-state index contributed by atoms with van der Waals surface area (Å²) in [6.45, 7) is 4.58. The molecule has 3 aliphatic heterocycles. The van der Waals surface area contributed by atoms with Crippen LogP contribution in [0.2, 0.25) is 0 Å². The zero-order chi connectivity index (χ0) is 32.0. The van der Waals surface area contributed by atoms with E-state index in [1.807, 2.05) is 17.5 Å². The smallest absolute Gasteiger partial charge is 0.430 e. The Hall–Kier alpha value is -3.16. The quantitative estimate of drug-likeness (QED) is 0.236. The SMILES string of the molecule is COC(=O)c1ccc(OCCC[N+]23CCC(CC2)[C@@H](OC(=O)[C@](O)(c2cccs2)C2CCCC2)C3)cc1.O=C([O-])C(F)(F)F. The van der Waals surface area contributed by atoms with Crippen LogP contribution < -0.4 is 9.84 Å². The van der Waals surface area contributed by atoms with Crippen molar-refractivity contribution in [3.63, 3.8) is 0 Å². The maximum atomic E-state index is 13.6. The van der Waals surface area contributed by atoms with Crippen LogP contribution in [0.25, 0.3) is 0 Å². The number of benzene rings is 1. The zero-order valence-electron chi connectivity index (χ0n) is 24.6. The number of hydrogen-bond acceptors (Lipinski definition) is 9. The van der Waals surface area contributed by atoms with Crippen LogP contribution >= 0.6 is 11.3 Å². The third-order valence-electron chi connectivity index (χ3n) is 9.01. The molecule has 2 aromatic rings. The van der Waals surface area contributed by atoms with Crippen LogP contribution in [-0.2, 0) is 24.7 Å². The predicted molar refractivity (Wildman–Crippen MR) is 151 cm³/mol. The number of rotatable bonds is 10. The van der Waals surface area contributed by atoms with Gasteiger partial charge in [0.1, 0.15) is 18.3 Å². The molecule has 1 saturated carbocycles. The van der Waals surface area contributed by atoms with Crippen molar-refractivity contribution in [1.82, 2.24) is 0 Å². The maximum absolute atomic E-state index is 13.6. The highest BCUT2D eigenvalue weighted by atomic mass is 32.1. The summed E-state index contributed by atoms with van der Waals surface area (Å²) < 4.78 is 49.4. The number of aliphatic carboxylic acids is 1. The number of nitrogens with zero attached hydrogens (tertiary/aromatic N) is 1. The van der Waals surface area contributed by atoms with Gasteiger partial charge in [-0.15, -0.1) is 11.3 Å². The summed E-state index contributed by atoms with van der Waals surface area (Å²) in [6.07, 6.45) is 1.49. The number of carboxylic acids is 1. The number of methoxy groups -OCH3 is 1. The van der Waals surface area contributed by atoms with Crippen molar-refractivity contribution >= 4 is 29.2 Å². The highest BCUT2D eigenvalue weighted by Gasteiger charge is 2.53. The first kappa shape index (κ1) is 33.7. The Morgan fingerprint density at radius 3 is 2.23 bits per heavy atom. The lowest BCUT2D eigenvalue weighted by atomic mass is 9.82. The molecule has 2 bridgehead atoms. The fraction of sp³-hybridized carbons (Fsp3) is 0.581. The number of piperidine rings is 3. The summed E-state index contributed by atoms with van der Waals surface area (Å²) >= 11 is 1.45. The number of quaternary nitrogens is 1. The number of halogens is 3. The Bertz CT molecular complexity index is 1260. The van der Waals surface area contributed by atoms with Crippen LogP contribution in [0.3, 0.4) is 0 Å². The van der Waals surface area contributed by atoms with Gasteiger partial charge in [-0.2, -0.15) is 13.2 Å². The van der Waals surface area contributed by atoms with Gasteiger partial charge >= 0.3 is 18.1 Å². The van der Waals surface area contributed by atoms with Crippen molar-refractivity contribution in [2.75, 3.05) is 39.9 Å². The lowest BCUT2D eigenvalue weighted by molar-refractivity contribution is -0.946. The number of carbonyl (C=O) groups excluding carboxylic acids is 3. The van der Waals surface area contributed by atoms with Gasteiger partial charge in [-0.1, -0.05) is 18.9 Å². The van der Waals surface area contributed by atoms with Crippen molar-refractivity contribution in [2.45, 2.75) is 62.8 Å². The number of fused-ring (bicyclic) bond motifs is 3. The summed E-state index contributed by atoms with van der Waals surface area (Å²) in [5.74, 6) is -2.77. The average molecular weight is 642 g/mol. The molecule has 13 heteroatoms. The minimum Gasteiger partial charge on any atom is -0.542 e. The Morgan fingerprint density at radius 1 is 1.05 bits per heavy atom. The molecule has 1 aromatic carbocycles. The zero-order valence-corrected chi connectivity index (χ0v) is 25.4. The van der Waals surface area contributed by atoms with Crippen LogP contribution in [-0.4, -0.2) is 79.7 Å². The van der Waals surface area contributed by atoms with Crippen LogP contribution in [0.15, 0.2) is 41.8 Å². The van der Waals surface area contributed by atoms with E-state index in [-0.39, 0.29) is 18.0 Å². The van der Waals surface area contributed by atoms with Crippen LogP contribution in [0.5, 0.6) is 5.75 Å². The van der Waals surface area contributed by atoms with E-state index in [4.69, 9.17) is 24.1 Å². The number of ether oxygens (including phenoxy) is 3. The van der Waals surface area contributed by atoms with E-state index < -0.39 is 23.7 Å². The molecule has 6 rings (SSSR count). The first-order valence-electron chi connectivity index (χ1n) is 14.8. The van der Waals surface area contributed by atoms with Gasteiger partial charge in [-0.05, 0) is 48.6 Å². The predicted octanol–water partition coefficient (Wildman–Crippen LogP) is 3.83. The van der Waals surface area contributed by atoms with Crippen molar-refractivity contribution in [2.24, 2.45) is 11.8 Å². The normalized spacial score (nSPS) is 24.5. The minimum absolute atomic E-state index is 0.0679. The number of alkyl halides is 3. The van der Waals surface area contributed by atoms with Crippen molar-refractivity contribution in [3.05, 3.63) is 52.2 Å². The molecule has 1 aliphatic carbocycles. The van der Waals surface area contributed by atoms with Gasteiger partial charge in [0, 0.05) is 36.0 Å². The van der Waals surface area contributed by atoms with Gasteiger partial charge in [-0.25, -0.2) is 9.59 Å². The second-order valence-corrected chi connectivity index (χ2v) is 12.7. The van der Waals surface area contributed by atoms with Gasteiger partial charge in [-0.3, -0.25) is 0 Å². The molecular weight excluding hydrogens is 603 g/mol. The summed E-state index contributed by atoms with van der Waals surface area (Å²) in [4.78, 5) is 34.7. The molecule has 0 unspecified atom stereocenters. The van der Waals surface area contributed by atoms with Gasteiger partial charge in [0.2, 0.25) is 0 Å². The fourth-order valence-corrected chi connectivity index (χ4v) is 7.49. The first-order valence-corrected chi connectivity index (χ1v) is 15.7. The molecule has 0 amide bonds. The second-order valence-electron chi connectivity index (χ2n) is 11.7. The molecule has 9 nitrogen and oxygen atoms in total. The molecule has 1 aromatic heterocycles. The summed E-state index contributed by atoms with van der Waals surface area (Å²) in [7, 11) is 1.37. The molecule has 2 atom stereocenters. The number of aliphatic hydroxyl groups is 1. The van der Waals surface area contributed by atoms with E-state index in [9.17, 15) is 27.9 Å². The third kappa shape index (κ3) is 7.91. The van der Waals surface area contributed by atoms with E-state index in [0.29, 0.717) is 23.0 Å². The van der Waals surface area contributed by atoms with E-state index in [2.05, 4.69) is 0 Å². The van der Waals surface area contributed by atoms with Crippen molar-refractivity contribution in [3.8, 4) is 5.75 Å². The van der Waals surface area contributed by atoms with Crippen LogP contribution in [0.1, 0.15) is 60.2 Å². The fourth-order valence-electron chi connectivity index (χ4n) is 6.60. The summed E-state index contributed by atoms with van der Waals surface area (Å²) in [6, 6.07) is 10.8. The van der Waals surface area contributed by atoms with Crippen molar-refractivity contribution < 1.29 is 56.5 Å². The van der Waals surface area contributed by atoms with Crippen LogP contribution in [0.4, 0.5) is 13.2 Å². The summed E-state index contributed by atoms with van der Waals surface area (Å²) in [5.41, 5.74) is -1.03. The van der Waals surface area contributed by atoms with Gasteiger partial charge in [0.25, 0.3) is 0 Å². The van der Waals surface area contributed by atoms with Crippen molar-refractivity contribution in [1.29, 1.82) is 0 Å². The number of esters is 2. The molecule has 3 saturated heterocycles. The average Bonchev–Trinajstić information content (AvgIpc) is 3.75. The van der Waals surface area contributed by atoms with E-state index in [1.165, 1.54) is 18.4 Å².